The van der Waals surface area contributed by atoms with Crippen LogP contribution in [0.2, 0.25) is 0 Å². The Kier molecular flexibility index (Phi) is 3.68. The van der Waals surface area contributed by atoms with Gasteiger partial charge in [-0.15, -0.1) is 0 Å². The number of carbonyl (C=O) groups is 2. The van der Waals surface area contributed by atoms with Gasteiger partial charge in [-0.3, -0.25) is 9.59 Å². The van der Waals surface area contributed by atoms with E-state index < -0.39 is 0 Å². The second kappa shape index (κ2) is 5.22. The van der Waals surface area contributed by atoms with E-state index in [1.807, 2.05) is 0 Å². The molecule has 17 heavy (non-hydrogen) atoms. The number of hydrogen-bond acceptors (Lipinski definition) is 6. The van der Waals surface area contributed by atoms with E-state index in [1.54, 1.807) is 6.92 Å². The van der Waals surface area contributed by atoms with Crippen molar-refractivity contribution in [2.24, 2.45) is 0 Å². The lowest BCUT2D eigenvalue weighted by molar-refractivity contribution is -0.144. The second-order valence-electron chi connectivity index (χ2n) is 3.76. The Morgan fingerprint density at radius 3 is 2.88 bits per heavy atom. The number of amides is 1. The van der Waals surface area contributed by atoms with Gasteiger partial charge < -0.3 is 9.64 Å². The van der Waals surface area contributed by atoms with Crippen LogP contribution in [-0.4, -0.2) is 44.7 Å². The molecule has 0 atom stereocenters. The highest BCUT2D eigenvalue weighted by Crippen LogP contribution is 2.27. The fraction of sp³-hybridized carbons (Fsp3) is 0.600. The van der Waals surface area contributed by atoms with Gasteiger partial charge in [-0.25, -0.2) is 0 Å². The third kappa shape index (κ3) is 3.00. The molecule has 1 amide bonds. The standard InChI is InChI=1S/C10H13N3O3S/c1-2-16-9(14)6-13(7-3-4-7)10(15)8-5-11-17-12-8/h5,7H,2-4,6H2,1H3. The Balaban J connectivity index is 2.02. The van der Waals surface area contributed by atoms with Crippen molar-refractivity contribution >= 4 is 23.6 Å². The van der Waals surface area contributed by atoms with Crippen molar-refractivity contribution < 1.29 is 14.3 Å². The summed E-state index contributed by atoms with van der Waals surface area (Å²) in [6.07, 6.45) is 3.29. The van der Waals surface area contributed by atoms with Crippen molar-refractivity contribution in [3.63, 3.8) is 0 Å². The Morgan fingerprint density at radius 2 is 2.35 bits per heavy atom. The van der Waals surface area contributed by atoms with Crippen LogP contribution in [0, 0.1) is 0 Å². The highest BCUT2D eigenvalue weighted by molar-refractivity contribution is 6.99. The molecule has 1 saturated carbocycles. The molecule has 0 radical (unpaired) electrons. The molecule has 0 unspecified atom stereocenters. The van der Waals surface area contributed by atoms with Gasteiger partial charge in [0.15, 0.2) is 5.69 Å². The second-order valence-corrected chi connectivity index (χ2v) is 4.32. The monoisotopic (exact) mass is 255 g/mol. The normalized spacial score (nSPS) is 14.4. The number of rotatable bonds is 5. The Bertz CT molecular complexity index is 403. The number of hydrogen-bond donors (Lipinski definition) is 0. The quantitative estimate of drug-likeness (QED) is 0.724. The molecule has 92 valence electrons. The van der Waals surface area contributed by atoms with E-state index in [0.717, 1.165) is 24.6 Å². The number of esters is 1. The number of nitrogens with zero attached hydrogens (tertiary/aromatic N) is 3. The first-order valence-electron chi connectivity index (χ1n) is 5.46. The number of ether oxygens (including phenoxy) is 1. The van der Waals surface area contributed by atoms with Gasteiger partial charge in [0.05, 0.1) is 24.5 Å². The summed E-state index contributed by atoms with van der Waals surface area (Å²) in [6, 6.07) is 0.147. The SMILES string of the molecule is CCOC(=O)CN(C(=O)c1cnsn1)C1CC1. The predicted octanol–water partition coefficient (Wildman–Crippen LogP) is 0.706. The molecule has 1 heterocycles. The third-order valence-electron chi connectivity index (χ3n) is 2.43. The van der Waals surface area contributed by atoms with Crippen molar-refractivity contribution in [1.29, 1.82) is 0 Å². The van der Waals surface area contributed by atoms with E-state index in [9.17, 15) is 9.59 Å². The number of carbonyl (C=O) groups excluding carboxylic acids is 2. The van der Waals surface area contributed by atoms with Crippen LogP contribution < -0.4 is 0 Å². The summed E-state index contributed by atoms with van der Waals surface area (Å²) in [5, 5.41) is 0. The maximum absolute atomic E-state index is 12.0. The average molecular weight is 255 g/mol. The fourth-order valence-electron chi connectivity index (χ4n) is 1.50. The lowest BCUT2D eigenvalue weighted by atomic mass is 10.3. The van der Waals surface area contributed by atoms with Crippen molar-refractivity contribution in [2.75, 3.05) is 13.2 Å². The molecule has 0 saturated heterocycles. The van der Waals surface area contributed by atoms with Crippen molar-refractivity contribution in [3.8, 4) is 0 Å². The van der Waals surface area contributed by atoms with Gasteiger partial charge in [-0.2, -0.15) is 8.75 Å². The predicted molar refractivity (Wildman–Crippen MR) is 60.6 cm³/mol. The van der Waals surface area contributed by atoms with Gasteiger partial charge in [-0.1, -0.05) is 0 Å². The molecular weight excluding hydrogens is 242 g/mol. The van der Waals surface area contributed by atoms with E-state index in [-0.39, 0.29) is 24.5 Å². The molecule has 1 aliphatic carbocycles. The van der Waals surface area contributed by atoms with Crippen LogP contribution in [-0.2, 0) is 9.53 Å². The molecule has 6 nitrogen and oxygen atoms in total. The van der Waals surface area contributed by atoms with E-state index >= 15 is 0 Å². The first-order chi connectivity index (χ1) is 8.22. The molecule has 1 fully saturated rings. The van der Waals surface area contributed by atoms with Gasteiger partial charge in [0.2, 0.25) is 0 Å². The van der Waals surface area contributed by atoms with Gasteiger partial charge in [0, 0.05) is 6.04 Å². The van der Waals surface area contributed by atoms with E-state index in [4.69, 9.17) is 4.74 Å². The first kappa shape index (κ1) is 12.0. The summed E-state index contributed by atoms with van der Waals surface area (Å²) in [5.41, 5.74) is 0.297. The lowest BCUT2D eigenvalue weighted by Gasteiger charge is -2.19. The summed E-state index contributed by atoms with van der Waals surface area (Å²) < 4.78 is 12.5. The van der Waals surface area contributed by atoms with Crippen LogP contribution in [0.3, 0.4) is 0 Å². The third-order valence-corrected chi connectivity index (χ3v) is 2.91. The molecule has 0 spiro atoms. The minimum Gasteiger partial charge on any atom is -0.465 e. The Morgan fingerprint density at radius 1 is 1.59 bits per heavy atom. The van der Waals surface area contributed by atoms with E-state index in [2.05, 4.69) is 8.75 Å². The smallest absolute Gasteiger partial charge is 0.325 e. The maximum Gasteiger partial charge on any atom is 0.325 e. The molecule has 1 aliphatic rings. The molecular formula is C10H13N3O3S. The van der Waals surface area contributed by atoms with Crippen molar-refractivity contribution in [2.45, 2.75) is 25.8 Å². The van der Waals surface area contributed by atoms with Crippen molar-refractivity contribution in [3.05, 3.63) is 11.9 Å². The van der Waals surface area contributed by atoms with E-state index in [1.165, 1.54) is 11.1 Å². The molecule has 2 rings (SSSR count). The van der Waals surface area contributed by atoms with E-state index in [0.29, 0.717) is 12.3 Å². The molecule has 0 aromatic carbocycles. The summed E-state index contributed by atoms with van der Waals surface area (Å²) in [7, 11) is 0. The molecule has 7 heteroatoms. The molecule has 1 aromatic heterocycles. The zero-order valence-corrected chi connectivity index (χ0v) is 10.3. The zero-order valence-electron chi connectivity index (χ0n) is 9.46. The van der Waals surface area contributed by atoms with Crippen LogP contribution in [0.15, 0.2) is 6.20 Å². The van der Waals surface area contributed by atoms with Crippen molar-refractivity contribution in [1.82, 2.24) is 13.6 Å². The Labute approximate surface area is 103 Å². The fourth-order valence-corrected chi connectivity index (χ4v) is 1.91. The highest BCUT2D eigenvalue weighted by Gasteiger charge is 2.35. The van der Waals surface area contributed by atoms with Crippen LogP contribution in [0.5, 0.6) is 0 Å². The zero-order chi connectivity index (χ0) is 12.3. The van der Waals surface area contributed by atoms with Gasteiger partial charge in [-0.05, 0) is 19.8 Å². The average Bonchev–Trinajstić information content (AvgIpc) is 3.00. The van der Waals surface area contributed by atoms with Gasteiger partial charge in [0.25, 0.3) is 5.91 Å². The van der Waals surface area contributed by atoms with Crippen LogP contribution in [0.25, 0.3) is 0 Å². The number of aromatic nitrogens is 2. The minimum absolute atomic E-state index is 0.00509. The highest BCUT2D eigenvalue weighted by atomic mass is 32.1. The maximum atomic E-state index is 12.0. The van der Waals surface area contributed by atoms with Gasteiger partial charge in [0.1, 0.15) is 6.54 Å². The molecule has 0 N–H and O–H groups in total. The van der Waals surface area contributed by atoms with Crippen LogP contribution in [0.1, 0.15) is 30.3 Å². The summed E-state index contributed by atoms with van der Waals surface area (Å²) in [4.78, 5) is 25.0. The van der Waals surface area contributed by atoms with Crippen LogP contribution >= 0.6 is 11.7 Å². The lowest BCUT2D eigenvalue weighted by Crippen LogP contribution is -2.38. The summed E-state index contributed by atoms with van der Waals surface area (Å²) >= 11 is 0.983. The van der Waals surface area contributed by atoms with Crippen LogP contribution in [0.4, 0.5) is 0 Å². The molecule has 0 bridgehead atoms. The minimum atomic E-state index is -0.379. The molecule has 1 aromatic rings. The topological polar surface area (TPSA) is 72.4 Å². The van der Waals surface area contributed by atoms with Gasteiger partial charge >= 0.3 is 5.97 Å². The summed E-state index contributed by atoms with van der Waals surface area (Å²) in [6.45, 7) is 2.06. The summed E-state index contributed by atoms with van der Waals surface area (Å²) in [5.74, 6) is -0.620. The first-order valence-corrected chi connectivity index (χ1v) is 6.19. The largest absolute Gasteiger partial charge is 0.465 e. The Hall–Kier alpha value is -1.50. The molecule has 0 aliphatic heterocycles.